The Labute approximate surface area is 307 Å². The van der Waals surface area contributed by atoms with Crippen LogP contribution < -0.4 is 0 Å². The molecule has 0 saturated carbocycles. The molecule has 0 fully saturated rings. The number of hydrogen-bond donors (Lipinski definition) is 1. The van der Waals surface area contributed by atoms with Crippen molar-refractivity contribution in [3.05, 3.63) is 97.2 Å². The lowest BCUT2D eigenvalue weighted by molar-refractivity contribution is -0.161. The maximum Gasteiger partial charge on any atom is 0.306 e. The fourth-order valence-electron chi connectivity index (χ4n) is 4.84. The molecule has 1 N–H and O–H groups in total. The lowest BCUT2D eigenvalue weighted by Crippen LogP contribution is -2.28. The number of esters is 2. The fourth-order valence-corrected chi connectivity index (χ4v) is 4.84. The van der Waals surface area contributed by atoms with E-state index in [4.69, 9.17) is 9.47 Å². The van der Waals surface area contributed by atoms with E-state index in [2.05, 4.69) is 98.9 Å². The Hall–Kier alpha value is -3.18. The van der Waals surface area contributed by atoms with E-state index in [1.54, 1.807) is 0 Å². The minimum Gasteiger partial charge on any atom is -0.462 e. The van der Waals surface area contributed by atoms with Gasteiger partial charge >= 0.3 is 11.9 Å². The van der Waals surface area contributed by atoms with Gasteiger partial charge in [0.15, 0.2) is 6.10 Å². The number of carbonyl (C=O) groups is 2. The van der Waals surface area contributed by atoms with Gasteiger partial charge in [-0.3, -0.25) is 9.59 Å². The third-order valence-corrected chi connectivity index (χ3v) is 7.86. The van der Waals surface area contributed by atoms with E-state index < -0.39 is 6.10 Å². The van der Waals surface area contributed by atoms with Crippen LogP contribution >= 0.6 is 0 Å². The highest BCUT2D eigenvalue weighted by Gasteiger charge is 2.15. The van der Waals surface area contributed by atoms with E-state index in [-0.39, 0.29) is 38.0 Å². The highest BCUT2D eigenvalue weighted by atomic mass is 16.6. The normalized spacial score (nSPS) is 13.3. The molecule has 0 aromatic rings. The van der Waals surface area contributed by atoms with Crippen molar-refractivity contribution in [3.8, 4) is 0 Å². The molecule has 0 amide bonds. The van der Waals surface area contributed by atoms with Crippen LogP contribution in [0.4, 0.5) is 0 Å². The molecular formula is C45H72O5. The van der Waals surface area contributed by atoms with Crippen LogP contribution in [0.5, 0.6) is 0 Å². The second-order valence-corrected chi connectivity index (χ2v) is 12.6. The molecule has 0 rings (SSSR count). The van der Waals surface area contributed by atoms with Crippen molar-refractivity contribution in [1.29, 1.82) is 0 Å². The highest BCUT2D eigenvalue weighted by Crippen LogP contribution is 2.08. The van der Waals surface area contributed by atoms with Gasteiger partial charge in [-0.15, -0.1) is 0 Å². The standard InChI is InChI=1S/C45H72O5/c1-3-5-7-9-11-13-15-17-19-21-22-24-25-27-29-31-33-35-37-39-44(47)49-42-43(41-46)50-45(48)40-38-36-34-32-30-28-26-23-20-18-16-14-12-10-8-6-4-2/h11,13,17-20,22,24,26-29,32-35,43,46H,3-10,12,14-16,21,23,25,30-31,36-42H2,1-2H3/t43-/m0/s1. The summed E-state index contributed by atoms with van der Waals surface area (Å²) in [5, 5.41) is 9.54. The zero-order valence-electron chi connectivity index (χ0n) is 31.9. The predicted molar refractivity (Wildman–Crippen MR) is 214 cm³/mol. The van der Waals surface area contributed by atoms with Crippen LogP contribution in [0.2, 0.25) is 0 Å². The number of aliphatic hydroxyl groups excluding tert-OH is 1. The van der Waals surface area contributed by atoms with Crippen LogP contribution in [-0.4, -0.2) is 36.4 Å². The van der Waals surface area contributed by atoms with Crippen molar-refractivity contribution in [3.63, 3.8) is 0 Å². The number of unbranched alkanes of at least 4 members (excludes halogenated alkanes) is 10. The number of allylic oxidation sites excluding steroid dienone is 16. The summed E-state index contributed by atoms with van der Waals surface area (Å²) in [7, 11) is 0. The van der Waals surface area contributed by atoms with Crippen molar-refractivity contribution < 1.29 is 24.2 Å². The Morgan fingerprint density at radius 3 is 1.32 bits per heavy atom. The Morgan fingerprint density at radius 1 is 0.460 bits per heavy atom. The Balaban J connectivity index is 3.81. The van der Waals surface area contributed by atoms with Crippen LogP contribution in [0, 0.1) is 0 Å². The minimum atomic E-state index is -0.833. The second-order valence-electron chi connectivity index (χ2n) is 12.6. The maximum absolute atomic E-state index is 12.1. The number of ether oxygens (including phenoxy) is 2. The molecule has 0 heterocycles. The van der Waals surface area contributed by atoms with Gasteiger partial charge in [0.1, 0.15) is 6.61 Å². The summed E-state index contributed by atoms with van der Waals surface area (Å²) in [4.78, 5) is 24.2. The zero-order valence-corrected chi connectivity index (χ0v) is 31.9. The van der Waals surface area contributed by atoms with Crippen molar-refractivity contribution >= 4 is 11.9 Å². The van der Waals surface area contributed by atoms with Gasteiger partial charge in [-0.2, -0.15) is 0 Å². The first-order valence-corrected chi connectivity index (χ1v) is 19.8. The van der Waals surface area contributed by atoms with E-state index in [1.165, 1.54) is 70.6 Å². The molecule has 0 aliphatic rings. The second kappa shape index (κ2) is 40.3. The van der Waals surface area contributed by atoms with Crippen LogP contribution in [-0.2, 0) is 19.1 Å². The molecule has 0 aliphatic carbocycles. The van der Waals surface area contributed by atoms with Gasteiger partial charge in [0.05, 0.1) is 6.61 Å². The van der Waals surface area contributed by atoms with Crippen LogP contribution in [0.25, 0.3) is 0 Å². The molecule has 0 bridgehead atoms. The predicted octanol–water partition coefficient (Wildman–Crippen LogP) is 12.5. The average molecular weight is 693 g/mol. The average Bonchev–Trinajstić information content (AvgIpc) is 3.12. The summed E-state index contributed by atoms with van der Waals surface area (Å²) in [5.74, 6) is -0.758. The molecule has 5 heteroatoms. The van der Waals surface area contributed by atoms with Crippen molar-refractivity contribution in [1.82, 2.24) is 0 Å². The van der Waals surface area contributed by atoms with Gasteiger partial charge in [0.2, 0.25) is 0 Å². The quantitative estimate of drug-likeness (QED) is 0.0413. The van der Waals surface area contributed by atoms with E-state index in [0.29, 0.717) is 12.8 Å². The molecule has 0 radical (unpaired) electrons. The van der Waals surface area contributed by atoms with Gasteiger partial charge in [-0.25, -0.2) is 0 Å². The first kappa shape index (κ1) is 46.8. The molecule has 0 saturated heterocycles. The van der Waals surface area contributed by atoms with Crippen molar-refractivity contribution in [2.24, 2.45) is 0 Å². The summed E-state index contributed by atoms with van der Waals surface area (Å²) in [6, 6.07) is 0. The molecule has 50 heavy (non-hydrogen) atoms. The molecule has 0 aliphatic heterocycles. The first-order chi connectivity index (χ1) is 24.6. The van der Waals surface area contributed by atoms with Gasteiger partial charge < -0.3 is 14.6 Å². The lowest BCUT2D eigenvalue weighted by Gasteiger charge is -2.15. The van der Waals surface area contributed by atoms with Gasteiger partial charge in [-0.05, 0) is 83.5 Å². The molecule has 1 atom stereocenters. The number of carbonyl (C=O) groups excluding carboxylic acids is 2. The largest absolute Gasteiger partial charge is 0.462 e. The third-order valence-electron chi connectivity index (χ3n) is 7.86. The summed E-state index contributed by atoms with van der Waals surface area (Å²) in [6.07, 6.45) is 56.2. The maximum atomic E-state index is 12.1. The van der Waals surface area contributed by atoms with Crippen LogP contribution in [0.15, 0.2) is 97.2 Å². The van der Waals surface area contributed by atoms with Gasteiger partial charge in [-0.1, -0.05) is 156 Å². The minimum absolute atomic E-state index is 0.131. The monoisotopic (exact) mass is 693 g/mol. The van der Waals surface area contributed by atoms with Crippen LogP contribution in [0.3, 0.4) is 0 Å². The van der Waals surface area contributed by atoms with Crippen molar-refractivity contribution in [2.75, 3.05) is 13.2 Å². The van der Waals surface area contributed by atoms with E-state index in [0.717, 1.165) is 44.9 Å². The highest BCUT2D eigenvalue weighted by molar-refractivity contribution is 5.70. The lowest BCUT2D eigenvalue weighted by atomic mass is 10.1. The summed E-state index contributed by atoms with van der Waals surface area (Å²) >= 11 is 0. The Bertz CT molecular complexity index is 1010. The first-order valence-electron chi connectivity index (χ1n) is 19.8. The molecule has 0 spiro atoms. The SMILES string of the molecule is CCCCCC=CCC=CCC=CCC=CCC=CCCC(=O)OC[C@H](CO)OC(=O)CCCC=CCC=CCC=CCCCCCCCC. The van der Waals surface area contributed by atoms with E-state index >= 15 is 0 Å². The van der Waals surface area contributed by atoms with E-state index in [9.17, 15) is 14.7 Å². The topological polar surface area (TPSA) is 72.8 Å². The number of hydrogen-bond acceptors (Lipinski definition) is 5. The number of aliphatic hydroxyl groups is 1. The number of rotatable bonds is 34. The Kier molecular flexibility index (Phi) is 37.7. The van der Waals surface area contributed by atoms with Gasteiger partial charge in [0, 0.05) is 12.8 Å². The molecule has 0 aromatic heterocycles. The smallest absolute Gasteiger partial charge is 0.306 e. The fraction of sp³-hybridized carbons (Fsp3) is 0.600. The molecule has 282 valence electrons. The molecular weight excluding hydrogens is 620 g/mol. The molecule has 5 nitrogen and oxygen atoms in total. The summed E-state index contributed by atoms with van der Waals surface area (Å²) in [6.45, 7) is 3.97. The summed E-state index contributed by atoms with van der Waals surface area (Å²) in [5.41, 5.74) is 0. The van der Waals surface area contributed by atoms with Gasteiger partial charge in [0.25, 0.3) is 0 Å². The molecule has 0 aromatic carbocycles. The van der Waals surface area contributed by atoms with Crippen LogP contribution in [0.1, 0.15) is 155 Å². The Morgan fingerprint density at radius 2 is 0.840 bits per heavy atom. The zero-order chi connectivity index (χ0) is 36.4. The molecule has 0 unspecified atom stereocenters. The van der Waals surface area contributed by atoms with E-state index in [1.807, 2.05) is 12.2 Å². The summed E-state index contributed by atoms with van der Waals surface area (Å²) < 4.78 is 10.5. The van der Waals surface area contributed by atoms with Crippen molar-refractivity contribution in [2.45, 2.75) is 161 Å². The third kappa shape index (κ3) is 37.6.